The first-order valence-corrected chi connectivity index (χ1v) is 9.97. The largest absolute Gasteiger partial charge is 0.365 e. The van der Waals surface area contributed by atoms with E-state index in [4.69, 9.17) is 22.2 Å². The third-order valence-corrected chi connectivity index (χ3v) is 5.60. The maximum atomic E-state index is 5.26. The Morgan fingerprint density at radius 1 is 1.11 bits per heavy atom. The summed E-state index contributed by atoms with van der Waals surface area (Å²) in [6, 6.07) is 10.7. The van der Waals surface area contributed by atoms with Crippen molar-refractivity contribution in [1.82, 2.24) is 15.3 Å². The third kappa shape index (κ3) is 3.98. The van der Waals surface area contributed by atoms with E-state index in [1.807, 2.05) is 0 Å². The lowest BCUT2D eigenvalue weighted by atomic mass is 10.0. The minimum Gasteiger partial charge on any atom is -0.365 e. The van der Waals surface area contributed by atoms with Gasteiger partial charge in [0, 0.05) is 39.3 Å². The van der Waals surface area contributed by atoms with Crippen LogP contribution in [0.1, 0.15) is 30.9 Å². The second-order valence-electron chi connectivity index (χ2n) is 7.43. The van der Waals surface area contributed by atoms with Crippen molar-refractivity contribution in [2.75, 3.05) is 35.3 Å². The molecule has 0 aliphatic carbocycles. The van der Waals surface area contributed by atoms with Crippen LogP contribution in [0.2, 0.25) is 0 Å². The fraction of sp³-hybridized carbons (Fsp3) is 0.450. The summed E-state index contributed by atoms with van der Waals surface area (Å²) in [7, 11) is 1.80. The van der Waals surface area contributed by atoms with Crippen LogP contribution in [0.25, 0.3) is 0 Å². The van der Waals surface area contributed by atoms with Crippen molar-refractivity contribution < 1.29 is 0 Å². The Morgan fingerprint density at radius 3 is 2.41 bits per heavy atom. The molecule has 0 amide bonds. The van der Waals surface area contributed by atoms with Crippen LogP contribution < -0.4 is 20.4 Å². The van der Waals surface area contributed by atoms with Gasteiger partial charge in [-0.3, -0.25) is 0 Å². The predicted molar refractivity (Wildman–Crippen MR) is 114 cm³/mol. The summed E-state index contributed by atoms with van der Waals surface area (Å²) >= 11 is 5.26. The van der Waals surface area contributed by atoms with Gasteiger partial charge in [-0.15, -0.1) is 0 Å². The molecule has 0 radical (unpaired) electrons. The Kier molecular flexibility index (Phi) is 5.11. The zero-order valence-electron chi connectivity index (χ0n) is 15.9. The lowest BCUT2D eigenvalue weighted by Crippen LogP contribution is -2.35. The van der Waals surface area contributed by atoms with Crippen LogP contribution in [-0.4, -0.2) is 35.2 Å². The molecule has 1 aromatic heterocycles. The Bertz CT molecular complexity index is 814. The van der Waals surface area contributed by atoms with E-state index in [0.717, 1.165) is 37.8 Å². The molecule has 1 saturated heterocycles. The van der Waals surface area contributed by atoms with Gasteiger partial charge in [-0.05, 0) is 42.1 Å². The molecule has 3 heterocycles. The van der Waals surface area contributed by atoms with E-state index >= 15 is 0 Å². The quantitative estimate of drug-likeness (QED) is 0.791. The topological polar surface area (TPSA) is 56.3 Å². The lowest BCUT2D eigenvalue weighted by molar-refractivity contribution is 0.444. The van der Waals surface area contributed by atoms with E-state index in [-0.39, 0.29) is 0 Å². The molecule has 0 bridgehead atoms. The normalized spacial score (nSPS) is 19.0. The van der Waals surface area contributed by atoms with Gasteiger partial charge >= 0.3 is 0 Å². The number of hydrogen-bond acceptors (Lipinski definition) is 5. The average Bonchev–Trinajstić information content (AvgIpc) is 3.12. The number of benzene rings is 1. The molecule has 0 spiro atoms. The zero-order valence-corrected chi connectivity index (χ0v) is 16.7. The van der Waals surface area contributed by atoms with Crippen LogP contribution >= 0.6 is 12.2 Å². The monoisotopic (exact) mass is 382 g/mol. The Morgan fingerprint density at radius 2 is 1.78 bits per heavy atom. The summed E-state index contributed by atoms with van der Waals surface area (Å²) in [5.41, 5.74) is 2.73. The van der Waals surface area contributed by atoms with Gasteiger partial charge in [-0.2, -0.15) is 9.97 Å². The van der Waals surface area contributed by atoms with Crippen molar-refractivity contribution in [2.24, 2.45) is 5.92 Å². The van der Waals surface area contributed by atoms with Crippen LogP contribution in [0.5, 0.6) is 0 Å². The van der Waals surface area contributed by atoms with Gasteiger partial charge in [0.1, 0.15) is 11.6 Å². The molecule has 142 valence electrons. The maximum absolute atomic E-state index is 5.26. The molecule has 0 unspecified atom stereocenters. The lowest BCUT2D eigenvalue weighted by Gasteiger charge is -2.32. The molecule has 7 heteroatoms. The molecule has 2 aromatic rings. The summed E-state index contributed by atoms with van der Waals surface area (Å²) in [6.07, 6.45) is 2.48. The molecule has 4 rings (SSSR count). The van der Waals surface area contributed by atoms with Crippen LogP contribution in [0.15, 0.2) is 30.3 Å². The SMILES string of the molecule is CNC(=S)Nc1nc(N2Cc3ccccc3C2)cc(N2CCC[C@@H](C)C2)n1. The number of anilines is 3. The van der Waals surface area contributed by atoms with Crippen LogP contribution in [-0.2, 0) is 13.1 Å². The summed E-state index contributed by atoms with van der Waals surface area (Å²) in [5.74, 6) is 3.15. The van der Waals surface area contributed by atoms with Gasteiger partial charge in [-0.25, -0.2) is 0 Å². The van der Waals surface area contributed by atoms with Crippen LogP contribution in [0.3, 0.4) is 0 Å². The van der Waals surface area contributed by atoms with Crippen LogP contribution in [0, 0.1) is 5.92 Å². The van der Waals surface area contributed by atoms with E-state index in [1.54, 1.807) is 7.05 Å². The van der Waals surface area contributed by atoms with E-state index in [9.17, 15) is 0 Å². The smallest absolute Gasteiger partial charge is 0.232 e. The molecule has 2 aliphatic rings. The first-order chi connectivity index (χ1) is 13.1. The number of piperidine rings is 1. The van der Waals surface area contributed by atoms with E-state index in [2.05, 4.69) is 57.7 Å². The summed E-state index contributed by atoms with van der Waals surface area (Å²) in [5, 5.41) is 6.57. The summed E-state index contributed by atoms with van der Waals surface area (Å²) in [4.78, 5) is 14.2. The van der Waals surface area contributed by atoms with E-state index < -0.39 is 0 Å². The standard InChI is InChI=1S/C20H26N6S/c1-14-6-5-9-25(11-14)17-10-18(23-19(22-17)24-20(27)21-2)26-12-15-7-3-4-8-16(15)13-26/h3-4,7-8,10,14H,5-6,9,11-13H2,1-2H3,(H2,21,22,23,24,27)/t14-/m1/s1. The van der Waals surface area contributed by atoms with Gasteiger partial charge in [0.25, 0.3) is 0 Å². The molecular formula is C20H26N6S. The molecule has 2 N–H and O–H groups in total. The van der Waals surface area contributed by atoms with Gasteiger partial charge in [0.15, 0.2) is 5.11 Å². The highest BCUT2D eigenvalue weighted by molar-refractivity contribution is 7.80. The number of rotatable bonds is 3. The number of nitrogens with zero attached hydrogens (tertiary/aromatic N) is 4. The fourth-order valence-electron chi connectivity index (χ4n) is 3.86. The average molecular weight is 383 g/mol. The van der Waals surface area contributed by atoms with Gasteiger partial charge in [0.2, 0.25) is 5.95 Å². The number of nitrogens with one attached hydrogen (secondary N) is 2. The minimum absolute atomic E-state index is 0.523. The Balaban J connectivity index is 1.65. The highest BCUT2D eigenvalue weighted by Crippen LogP contribution is 2.31. The zero-order chi connectivity index (χ0) is 18.8. The van der Waals surface area contributed by atoms with Crippen molar-refractivity contribution in [3.8, 4) is 0 Å². The van der Waals surface area contributed by atoms with E-state index in [1.165, 1.54) is 24.0 Å². The fourth-order valence-corrected chi connectivity index (χ4v) is 3.95. The van der Waals surface area contributed by atoms with Crippen molar-refractivity contribution in [2.45, 2.75) is 32.9 Å². The second-order valence-corrected chi connectivity index (χ2v) is 7.84. The maximum Gasteiger partial charge on any atom is 0.232 e. The first-order valence-electron chi connectivity index (χ1n) is 9.57. The summed E-state index contributed by atoms with van der Waals surface area (Å²) < 4.78 is 0. The predicted octanol–water partition coefficient (Wildman–Crippen LogP) is 3.15. The van der Waals surface area contributed by atoms with Gasteiger partial charge < -0.3 is 20.4 Å². The Labute approximate surface area is 166 Å². The molecule has 1 atom stereocenters. The molecule has 1 aromatic carbocycles. The highest BCUT2D eigenvalue weighted by atomic mass is 32.1. The molecular weight excluding hydrogens is 356 g/mol. The van der Waals surface area contributed by atoms with Crippen molar-refractivity contribution in [3.05, 3.63) is 41.5 Å². The number of thiocarbonyl (C=S) groups is 1. The van der Waals surface area contributed by atoms with E-state index in [0.29, 0.717) is 17.0 Å². The molecule has 1 fully saturated rings. The first kappa shape index (κ1) is 18.0. The molecule has 2 aliphatic heterocycles. The van der Waals surface area contributed by atoms with Crippen LogP contribution in [0.4, 0.5) is 17.6 Å². The second kappa shape index (κ2) is 7.68. The third-order valence-electron chi connectivity index (χ3n) is 5.30. The highest BCUT2D eigenvalue weighted by Gasteiger charge is 2.24. The number of hydrogen-bond donors (Lipinski definition) is 2. The number of aromatic nitrogens is 2. The summed E-state index contributed by atoms with van der Waals surface area (Å²) in [6.45, 7) is 6.13. The van der Waals surface area contributed by atoms with Crippen molar-refractivity contribution >= 4 is 34.9 Å². The van der Waals surface area contributed by atoms with Gasteiger partial charge in [0.05, 0.1) is 0 Å². The molecule has 27 heavy (non-hydrogen) atoms. The van der Waals surface area contributed by atoms with Gasteiger partial charge in [-0.1, -0.05) is 31.2 Å². The molecule has 6 nitrogen and oxygen atoms in total. The number of fused-ring (bicyclic) bond motifs is 1. The van der Waals surface area contributed by atoms with Crippen molar-refractivity contribution in [1.29, 1.82) is 0 Å². The Hall–Kier alpha value is -2.41. The van der Waals surface area contributed by atoms with Crippen molar-refractivity contribution in [3.63, 3.8) is 0 Å². The molecule has 0 saturated carbocycles. The minimum atomic E-state index is 0.523.